The summed E-state index contributed by atoms with van der Waals surface area (Å²) in [4.78, 5) is 28.4. The Bertz CT molecular complexity index is 1590. The van der Waals surface area contributed by atoms with Crippen molar-refractivity contribution >= 4 is 62.3 Å². The summed E-state index contributed by atoms with van der Waals surface area (Å²) in [6, 6.07) is 12.6. The first-order valence-electron chi connectivity index (χ1n) is 13.4. The van der Waals surface area contributed by atoms with Crippen LogP contribution in [0.25, 0.3) is 0 Å². The molecule has 0 fully saturated rings. The highest BCUT2D eigenvalue weighted by molar-refractivity contribution is 7.92. The fourth-order valence-electron chi connectivity index (χ4n) is 4.34. The van der Waals surface area contributed by atoms with Crippen LogP contribution in [0.3, 0.4) is 0 Å². The first kappa shape index (κ1) is 35.5. The van der Waals surface area contributed by atoms with Gasteiger partial charge in [0.2, 0.25) is 11.8 Å². The summed E-state index contributed by atoms with van der Waals surface area (Å²) in [5, 5.41) is 2.86. The lowest BCUT2D eigenvalue weighted by molar-refractivity contribution is -0.141. The fraction of sp³-hybridized carbons (Fsp3) is 0.333. The van der Waals surface area contributed by atoms with Crippen LogP contribution in [0.2, 0.25) is 15.1 Å². The normalized spacial score (nSPS) is 12.9. The minimum Gasteiger partial charge on any atom is -0.350 e. The number of benzene rings is 3. The van der Waals surface area contributed by atoms with Crippen LogP contribution in [0.5, 0.6) is 0 Å². The summed E-state index contributed by atoms with van der Waals surface area (Å²) in [7, 11) is -4.66. The minimum absolute atomic E-state index is 0.103. The lowest BCUT2D eigenvalue weighted by Gasteiger charge is -2.35. The van der Waals surface area contributed by atoms with E-state index >= 15 is 0 Å². The molecule has 7 nitrogen and oxygen atoms in total. The molecule has 0 spiro atoms. The zero-order valence-electron chi connectivity index (χ0n) is 24.3. The van der Waals surface area contributed by atoms with Crippen LogP contribution >= 0.6 is 34.8 Å². The number of nitrogens with zero attached hydrogens (tertiary/aromatic N) is 2. The maximum atomic E-state index is 14.2. The Kier molecular flexibility index (Phi) is 11.3. The molecule has 0 saturated heterocycles. The standard InChI is InChI=1S/C30H31Cl3F3N3O4S/c1-5-25(28(41)37-29(2,3)4)38(17-21-22(31)12-9-13-23(21)32)27(40)18-39(44(42,43)20-10-7-6-8-11-20)26-16-19(30(34,35)36)14-15-24(26)33/h6-16,25H,5,17-18H2,1-4H3,(H,37,41)/t25-/m1/s1. The second-order valence-electron chi connectivity index (χ2n) is 10.9. The van der Waals surface area contributed by atoms with E-state index in [1.807, 2.05) is 0 Å². The Labute approximate surface area is 269 Å². The van der Waals surface area contributed by atoms with E-state index in [1.165, 1.54) is 36.4 Å². The summed E-state index contributed by atoms with van der Waals surface area (Å²) in [6.45, 7) is 5.60. The molecule has 0 aromatic heterocycles. The minimum atomic E-state index is -4.84. The summed E-state index contributed by atoms with van der Waals surface area (Å²) < 4.78 is 69.5. The monoisotopic (exact) mass is 691 g/mol. The molecule has 3 aromatic carbocycles. The number of carbonyl (C=O) groups is 2. The van der Waals surface area contributed by atoms with Gasteiger partial charge in [-0.2, -0.15) is 13.2 Å². The maximum Gasteiger partial charge on any atom is 0.416 e. The third-order valence-electron chi connectivity index (χ3n) is 6.43. The zero-order chi connectivity index (χ0) is 33.0. The lowest BCUT2D eigenvalue weighted by atomic mass is 10.1. The van der Waals surface area contributed by atoms with E-state index in [2.05, 4.69) is 5.32 Å². The topological polar surface area (TPSA) is 86.8 Å². The number of halogens is 6. The highest BCUT2D eigenvalue weighted by atomic mass is 35.5. The van der Waals surface area contributed by atoms with Gasteiger partial charge in [-0.1, -0.05) is 66.0 Å². The average molecular weight is 693 g/mol. The number of hydrogen-bond acceptors (Lipinski definition) is 4. The highest BCUT2D eigenvalue weighted by Crippen LogP contribution is 2.37. The maximum absolute atomic E-state index is 14.2. The molecule has 0 aliphatic rings. The summed E-state index contributed by atoms with van der Waals surface area (Å²) >= 11 is 19.1. The van der Waals surface area contributed by atoms with E-state index in [0.717, 1.165) is 11.0 Å². The van der Waals surface area contributed by atoms with Crippen molar-refractivity contribution < 1.29 is 31.2 Å². The molecule has 44 heavy (non-hydrogen) atoms. The number of carbonyl (C=O) groups excluding carboxylic acids is 2. The number of nitrogens with one attached hydrogen (secondary N) is 1. The molecule has 2 amide bonds. The zero-order valence-corrected chi connectivity index (χ0v) is 27.3. The first-order valence-corrected chi connectivity index (χ1v) is 15.9. The summed E-state index contributed by atoms with van der Waals surface area (Å²) in [5.41, 5.74) is -2.13. The quantitative estimate of drug-likeness (QED) is 0.237. The smallest absolute Gasteiger partial charge is 0.350 e. The van der Waals surface area contributed by atoms with Gasteiger partial charge in [0.05, 0.1) is 21.2 Å². The van der Waals surface area contributed by atoms with E-state index < -0.39 is 57.4 Å². The molecular formula is C30H31Cl3F3N3O4S. The van der Waals surface area contributed by atoms with E-state index in [1.54, 1.807) is 39.8 Å². The third-order valence-corrected chi connectivity index (χ3v) is 9.23. The fourth-order valence-corrected chi connectivity index (χ4v) is 6.57. The molecule has 14 heteroatoms. The van der Waals surface area contributed by atoms with Crippen LogP contribution in [0, 0.1) is 0 Å². The van der Waals surface area contributed by atoms with Crippen LogP contribution in [-0.2, 0) is 32.3 Å². The molecule has 1 N–H and O–H groups in total. The van der Waals surface area contributed by atoms with Gasteiger partial charge in [-0.15, -0.1) is 0 Å². The number of hydrogen-bond donors (Lipinski definition) is 1. The predicted octanol–water partition coefficient (Wildman–Crippen LogP) is 7.58. The SMILES string of the molecule is CC[C@H](C(=O)NC(C)(C)C)N(Cc1c(Cl)cccc1Cl)C(=O)CN(c1cc(C(F)(F)F)ccc1Cl)S(=O)(=O)c1ccccc1. The van der Waals surface area contributed by atoms with Gasteiger partial charge in [-0.25, -0.2) is 8.42 Å². The number of anilines is 1. The van der Waals surface area contributed by atoms with Crippen molar-refractivity contribution in [3.05, 3.63) is 92.9 Å². The molecule has 0 bridgehead atoms. The second kappa shape index (κ2) is 14.0. The van der Waals surface area contributed by atoms with Gasteiger partial charge in [0.25, 0.3) is 10.0 Å². The molecule has 0 aliphatic carbocycles. The van der Waals surface area contributed by atoms with Gasteiger partial charge in [-0.05, 0) is 69.7 Å². The van der Waals surface area contributed by atoms with Crippen LogP contribution in [-0.4, -0.2) is 43.3 Å². The molecule has 0 radical (unpaired) electrons. The van der Waals surface area contributed by atoms with Gasteiger partial charge in [0.1, 0.15) is 12.6 Å². The Hall–Kier alpha value is -2.99. The van der Waals surface area contributed by atoms with Gasteiger partial charge in [0.15, 0.2) is 0 Å². The molecule has 3 aromatic rings. The van der Waals surface area contributed by atoms with Gasteiger partial charge in [0, 0.05) is 27.7 Å². The molecule has 3 rings (SSSR count). The number of amides is 2. The summed E-state index contributed by atoms with van der Waals surface area (Å²) in [6.07, 6.45) is -4.73. The average Bonchev–Trinajstić information content (AvgIpc) is 2.92. The number of alkyl halides is 3. The molecular weight excluding hydrogens is 662 g/mol. The Morgan fingerprint density at radius 2 is 1.48 bits per heavy atom. The van der Waals surface area contributed by atoms with Crippen LogP contribution in [0.4, 0.5) is 18.9 Å². The molecule has 1 atom stereocenters. The Morgan fingerprint density at radius 3 is 2.00 bits per heavy atom. The Balaban J connectivity index is 2.20. The molecule has 0 aliphatic heterocycles. The third kappa shape index (κ3) is 8.59. The molecule has 0 heterocycles. The number of sulfonamides is 1. The van der Waals surface area contributed by atoms with Crippen molar-refractivity contribution in [3.63, 3.8) is 0 Å². The van der Waals surface area contributed by atoms with Gasteiger partial charge >= 0.3 is 6.18 Å². The van der Waals surface area contributed by atoms with Gasteiger partial charge < -0.3 is 10.2 Å². The Morgan fingerprint density at radius 1 is 0.886 bits per heavy atom. The molecule has 238 valence electrons. The van der Waals surface area contributed by atoms with Crippen molar-refractivity contribution in [1.29, 1.82) is 0 Å². The summed E-state index contributed by atoms with van der Waals surface area (Å²) in [5.74, 6) is -1.45. The van der Waals surface area contributed by atoms with E-state index in [4.69, 9.17) is 34.8 Å². The second-order valence-corrected chi connectivity index (χ2v) is 14.0. The van der Waals surface area contributed by atoms with Crippen LogP contribution < -0.4 is 9.62 Å². The van der Waals surface area contributed by atoms with Crippen molar-refractivity contribution in [2.24, 2.45) is 0 Å². The molecule has 0 unspecified atom stereocenters. The van der Waals surface area contributed by atoms with E-state index in [0.29, 0.717) is 22.0 Å². The van der Waals surface area contributed by atoms with Crippen LogP contribution in [0.15, 0.2) is 71.6 Å². The predicted molar refractivity (Wildman–Crippen MR) is 166 cm³/mol. The van der Waals surface area contributed by atoms with Crippen LogP contribution in [0.1, 0.15) is 45.2 Å². The highest BCUT2D eigenvalue weighted by Gasteiger charge is 2.37. The lowest BCUT2D eigenvalue weighted by Crippen LogP contribution is -2.55. The first-order chi connectivity index (χ1) is 20.4. The van der Waals surface area contributed by atoms with E-state index in [9.17, 15) is 31.2 Å². The van der Waals surface area contributed by atoms with Crippen molar-refractivity contribution in [2.75, 3.05) is 10.8 Å². The van der Waals surface area contributed by atoms with Crippen molar-refractivity contribution in [3.8, 4) is 0 Å². The van der Waals surface area contributed by atoms with Crippen molar-refractivity contribution in [2.45, 2.75) is 63.3 Å². The number of rotatable bonds is 10. The largest absolute Gasteiger partial charge is 0.416 e. The molecule has 0 saturated carbocycles. The van der Waals surface area contributed by atoms with E-state index in [-0.39, 0.29) is 32.9 Å². The van der Waals surface area contributed by atoms with Crippen molar-refractivity contribution in [1.82, 2.24) is 10.2 Å². The van der Waals surface area contributed by atoms with Gasteiger partial charge in [-0.3, -0.25) is 13.9 Å².